The number of aromatic nitrogens is 1. The number of fused-ring (bicyclic) bond motifs is 1. The van der Waals surface area contributed by atoms with Crippen molar-refractivity contribution in [2.24, 2.45) is 0 Å². The second kappa shape index (κ2) is 7.87. The van der Waals surface area contributed by atoms with Gasteiger partial charge in [0.05, 0.1) is 22.1 Å². The zero-order valence-electron chi connectivity index (χ0n) is 15.3. The number of anilines is 1. The van der Waals surface area contributed by atoms with Crippen molar-refractivity contribution in [3.05, 3.63) is 66.4 Å². The molecule has 8 heteroatoms. The van der Waals surface area contributed by atoms with Gasteiger partial charge < -0.3 is 5.32 Å². The zero-order valence-corrected chi connectivity index (χ0v) is 16.2. The SMILES string of the molecule is CC(=O)c1ccc(S(=O)(=O)N[C@@H](C)C(=O)Nc2cccc3cccnc23)cc1. The molecule has 7 nitrogen and oxygen atoms in total. The van der Waals surface area contributed by atoms with Crippen molar-refractivity contribution in [2.75, 3.05) is 5.32 Å². The summed E-state index contributed by atoms with van der Waals surface area (Å²) < 4.78 is 27.4. The minimum atomic E-state index is -3.92. The Morgan fingerprint density at radius 3 is 2.36 bits per heavy atom. The van der Waals surface area contributed by atoms with Crippen molar-refractivity contribution >= 4 is 38.3 Å². The molecule has 1 amide bonds. The summed E-state index contributed by atoms with van der Waals surface area (Å²) in [5.41, 5.74) is 1.53. The van der Waals surface area contributed by atoms with Gasteiger partial charge in [0.1, 0.15) is 0 Å². The Morgan fingerprint density at radius 2 is 1.68 bits per heavy atom. The van der Waals surface area contributed by atoms with E-state index >= 15 is 0 Å². The van der Waals surface area contributed by atoms with Crippen LogP contribution in [0.2, 0.25) is 0 Å². The fraction of sp³-hybridized carbons (Fsp3) is 0.150. The molecule has 0 aliphatic rings. The fourth-order valence-corrected chi connectivity index (χ4v) is 3.87. The maximum Gasteiger partial charge on any atom is 0.242 e. The summed E-state index contributed by atoms with van der Waals surface area (Å²) in [6.45, 7) is 2.85. The molecule has 3 aromatic rings. The first kappa shape index (κ1) is 19.7. The van der Waals surface area contributed by atoms with Gasteiger partial charge in [0, 0.05) is 17.1 Å². The van der Waals surface area contributed by atoms with Crippen LogP contribution < -0.4 is 10.0 Å². The molecule has 0 unspecified atom stereocenters. The Kier molecular flexibility index (Phi) is 5.53. The van der Waals surface area contributed by atoms with Gasteiger partial charge in [-0.15, -0.1) is 0 Å². The molecule has 0 saturated carbocycles. The fourth-order valence-electron chi connectivity index (χ4n) is 2.67. The van der Waals surface area contributed by atoms with E-state index in [2.05, 4.69) is 15.0 Å². The number of ketones is 1. The minimum Gasteiger partial charge on any atom is -0.323 e. The smallest absolute Gasteiger partial charge is 0.242 e. The first-order chi connectivity index (χ1) is 13.3. The van der Waals surface area contributed by atoms with Crippen LogP contribution in [-0.2, 0) is 14.8 Å². The highest BCUT2D eigenvalue weighted by molar-refractivity contribution is 7.89. The molecule has 0 spiro atoms. The van der Waals surface area contributed by atoms with Gasteiger partial charge in [-0.2, -0.15) is 4.72 Å². The summed E-state index contributed by atoms with van der Waals surface area (Å²) in [5.74, 6) is -0.671. The quantitative estimate of drug-likeness (QED) is 0.622. The van der Waals surface area contributed by atoms with E-state index in [1.54, 1.807) is 24.4 Å². The van der Waals surface area contributed by atoms with Crippen LogP contribution in [0.1, 0.15) is 24.2 Å². The second-order valence-corrected chi connectivity index (χ2v) is 8.01. The second-order valence-electron chi connectivity index (χ2n) is 6.29. The van der Waals surface area contributed by atoms with Crippen molar-refractivity contribution in [3.63, 3.8) is 0 Å². The molecule has 1 heterocycles. The van der Waals surface area contributed by atoms with Crippen molar-refractivity contribution < 1.29 is 18.0 Å². The number of carbonyl (C=O) groups excluding carboxylic acids is 2. The lowest BCUT2D eigenvalue weighted by atomic mass is 10.2. The maximum absolute atomic E-state index is 12.5. The Hall–Kier alpha value is -3.10. The number of Topliss-reactive ketones (excluding diaryl/α,β-unsaturated/α-hetero) is 1. The molecule has 0 saturated heterocycles. The molecule has 0 radical (unpaired) electrons. The van der Waals surface area contributed by atoms with E-state index in [-0.39, 0.29) is 10.7 Å². The standard InChI is InChI=1S/C20H19N3O4S/c1-13(23-28(26,27)17-10-8-15(9-11-17)14(2)24)20(25)22-18-7-3-5-16-6-4-12-21-19(16)18/h3-13,23H,1-2H3,(H,22,25)/t13-/m0/s1. The summed E-state index contributed by atoms with van der Waals surface area (Å²) in [6, 6.07) is 13.5. The molecule has 144 valence electrons. The van der Waals surface area contributed by atoms with Crippen LogP contribution in [0.25, 0.3) is 10.9 Å². The molecule has 2 aromatic carbocycles. The van der Waals surface area contributed by atoms with Crippen LogP contribution >= 0.6 is 0 Å². The van der Waals surface area contributed by atoms with Crippen molar-refractivity contribution in [1.29, 1.82) is 0 Å². The van der Waals surface area contributed by atoms with Crippen molar-refractivity contribution in [3.8, 4) is 0 Å². The number of pyridine rings is 1. The number of nitrogens with zero attached hydrogens (tertiary/aromatic N) is 1. The van der Waals surface area contributed by atoms with Gasteiger partial charge in [-0.25, -0.2) is 8.42 Å². The third-order valence-electron chi connectivity index (χ3n) is 4.19. The van der Waals surface area contributed by atoms with Crippen LogP contribution in [0.3, 0.4) is 0 Å². The van der Waals surface area contributed by atoms with E-state index in [1.165, 1.54) is 38.1 Å². The van der Waals surface area contributed by atoms with Crippen LogP contribution in [-0.4, -0.2) is 31.1 Å². The summed E-state index contributed by atoms with van der Waals surface area (Å²) >= 11 is 0. The zero-order chi connectivity index (χ0) is 20.3. The van der Waals surface area contributed by atoms with Gasteiger partial charge in [-0.3, -0.25) is 14.6 Å². The van der Waals surface area contributed by atoms with E-state index in [9.17, 15) is 18.0 Å². The average Bonchev–Trinajstić information content (AvgIpc) is 2.68. The minimum absolute atomic E-state index is 0.0241. The molecule has 2 N–H and O–H groups in total. The molecule has 0 aliphatic heterocycles. The maximum atomic E-state index is 12.5. The number of rotatable bonds is 6. The summed E-state index contributed by atoms with van der Waals surface area (Å²) in [6.07, 6.45) is 1.62. The largest absolute Gasteiger partial charge is 0.323 e. The number of sulfonamides is 1. The number of benzene rings is 2. The Bertz CT molecular complexity index is 1140. The van der Waals surface area contributed by atoms with Crippen molar-refractivity contribution in [2.45, 2.75) is 24.8 Å². The number of carbonyl (C=O) groups is 2. The average molecular weight is 397 g/mol. The summed E-state index contributed by atoms with van der Waals surface area (Å²) in [7, 11) is -3.92. The number of nitrogens with one attached hydrogen (secondary N) is 2. The van der Waals surface area contributed by atoms with Gasteiger partial charge in [0.2, 0.25) is 15.9 Å². The van der Waals surface area contributed by atoms with Crippen LogP contribution in [0.4, 0.5) is 5.69 Å². The summed E-state index contributed by atoms with van der Waals surface area (Å²) in [4.78, 5) is 28.0. The molecule has 1 aromatic heterocycles. The first-order valence-corrected chi connectivity index (χ1v) is 10.0. The van der Waals surface area contributed by atoms with Gasteiger partial charge >= 0.3 is 0 Å². The molecule has 0 fully saturated rings. The highest BCUT2D eigenvalue weighted by Crippen LogP contribution is 2.21. The third kappa shape index (κ3) is 4.24. The highest BCUT2D eigenvalue weighted by Gasteiger charge is 2.22. The van der Waals surface area contributed by atoms with Gasteiger partial charge in [0.25, 0.3) is 0 Å². The van der Waals surface area contributed by atoms with E-state index < -0.39 is 22.0 Å². The first-order valence-electron chi connectivity index (χ1n) is 8.56. The Labute approximate surface area is 162 Å². The van der Waals surface area contributed by atoms with Crippen molar-refractivity contribution in [1.82, 2.24) is 9.71 Å². The molecule has 28 heavy (non-hydrogen) atoms. The lowest BCUT2D eigenvalue weighted by Gasteiger charge is -2.15. The molecule has 3 rings (SSSR count). The normalized spacial score (nSPS) is 12.5. The number of hydrogen-bond acceptors (Lipinski definition) is 5. The van der Waals surface area contributed by atoms with Crippen LogP contribution in [0.15, 0.2) is 65.7 Å². The van der Waals surface area contributed by atoms with Gasteiger partial charge in [0.15, 0.2) is 5.78 Å². The Balaban J connectivity index is 1.75. The van der Waals surface area contributed by atoms with Gasteiger partial charge in [-0.05, 0) is 38.1 Å². The monoisotopic (exact) mass is 397 g/mol. The number of para-hydroxylation sites is 1. The molecule has 1 atom stereocenters. The predicted octanol–water partition coefficient (Wildman–Crippen LogP) is 2.74. The van der Waals surface area contributed by atoms with Crippen LogP contribution in [0, 0.1) is 0 Å². The van der Waals surface area contributed by atoms with E-state index in [4.69, 9.17) is 0 Å². The molecule has 0 aliphatic carbocycles. The number of hydrogen-bond donors (Lipinski definition) is 2. The molecule has 0 bridgehead atoms. The Morgan fingerprint density at radius 1 is 1.00 bits per heavy atom. The predicted molar refractivity (Wildman–Crippen MR) is 107 cm³/mol. The van der Waals surface area contributed by atoms with E-state index in [0.29, 0.717) is 16.8 Å². The van der Waals surface area contributed by atoms with Gasteiger partial charge in [-0.1, -0.05) is 30.3 Å². The van der Waals surface area contributed by atoms with E-state index in [1.807, 2.05) is 12.1 Å². The third-order valence-corrected chi connectivity index (χ3v) is 5.74. The molecular formula is C20H19N3O4S. The lowest BCUT2D eigenvalue weighted by molar-refractivity contribution is -0.117. The summed E-state index contributed by atoms with van der Waals surface area (Å²) in [5, 5.41) is 3.57. The highest BCUT2D eigenvalue weighted by atomic mass is 32.2. The number of amides is 1. The van der Waals surface area contributed by atoms with Crippen LogP contribution in [0.5, 0.6) is 0 Å². The lowest BCUT2D eigenvalue weighted by Crippen LogP contribution is -2.41. The molecular weight excluding hydrogens is 378 g/mol. The topological polar surface area (TPSA) is 105 Å². The van der Waals surface area contributed by atoms with E-state index in [0.717, 1.165) is 5.39 Å².